The van der Waals surface area contributed by atoms with E-state index in [2.05, 4.69) is 69.9 Å². The molecule has 0 radical (unpaired) electrons. The van der Waals surface area contributed by atoms with Crippen LogP contribution < -0.4 is 5.32 Å². The molecule has 0 aliphatic carbocycles. The highest BCUT2D eigenvalue weighted by Gasteiger charge is 2.14. The Morgan fingerprint density at radius 1 is 1.16 bits per heavy atom. The molecule has 1 N–H and O–H groups in total. The average Bonchev–Trinajstić information content (AvgIpc) is 3.25. The Kier molecular flexibility index (Phi) is 20.1. The molecule has 0 saturated heterocycles. The van der Waals surface area contributed by atoms with E-state index in [0.717, 1.165) is 35.2 Å². The van der Waals surface area contributed by atoms with E-state index in [1.807, 2.05) is 33.8 Å². The largest absolute Gasteiger partial charge is 0.456 e. The van der Waals surface area contributed by atoms with Crippen molar-refractivity contribution >= 4 is 32.5 Å². The number of allylic oxidation sites excluding steroid dienone is 1. The van der Waals surface area contributed by atoms with Crippen LogP contribution in [0.4, 0.5) is 0 Å². The Labute approximate surface area is 210 Å². The van der Waals surface area contributed by atoms with Crippen molar-refractivity contribution in [1.29, 1.82) is 0 Å². The number of carbonyl (C=O) groups excluding carboxylic acids is 1. The number of carbonyl (C=O) groups is 1. The lowest BCUT2D eigenvalue weighted by Gasteiger charge is -2.11. The highest BCUT2D eigenvalue weighted by molar-refractivity contribution is 14.1. The molecule has 3 rings (SSSR count). The summed E-state index contributed by atoms with van der Waals surface area (Å²) in [5.74, 6) is 2.78. The van der Waals surface area contributed by atoms with Crippen LogP contribution in [0.5, 0.6) is 0 Å². The van der Waals surface area contributed by atoms with Gasteiger partial charge in [-0.1, -0.05) is 97.7 Å². The molecule has 0 fully saturated rings. The van der Waals surface area contributed by atoms with Crippen molar-refractivity contribution in [2.75, 3.05) is 0 Å². The zero-order valence-corrected chi connectivity index (χ0v) is 23.8. The lowest BCUT2D eigenvalue weighted by molar-refractivity contribution is -0.107. The van der Waals surface area contributed by atoms with E-state index in [1.165, 1.54) is 30.9 Å². The summed E-state index contributed by atoms with van der Waals surface area (Å²) < 4.78 is 6.04. The molecule has 0 saturated carbocycles. The minimum absolute atomic E-state index is 0.137. The fraction of sp³-hybridized carbons (Fsp3) is 0.464. The van der Waals surface area contributed by atoms with E-state index < -0.39 is 0 Å². The van der Waals surface area contributed by atoms with Gasteiger partial charge in [0.15, 0.2) is 3.79 Å². The first kappa shape index (κ1) is 32.4. The minimum Gasteiger partial charge on any atom is -0.456 e. The summed E-state index contributed by atoms with van der Waals surface area (Å²) in [6.45, 7) is 22.9. The number of aryl methyl sites for hydroxylation is 1. The van der Waals surface area contributed by atoms with Crippen LogP contribution in [0.2, 0.25) is 0 Å². The lowest BCUT2D eigenvalue weighted by Crippen LogP contribution is -2.14. The summed E-state index contributed by atoms with van der Waals surface area (Å²) >= 11 is 1.70. The fourth-order valence-electron chi connectivity index (χ4n) is 2.37. The van der Waals surface area contributed by atoms with Gasteiger partial charge in [-0.25, -0.2) is 0 Å². The van der Waals surface area contributed by atoms with Crippen molar-refractivity contribution in [3.8, 4) is 11.3 Å². The monoisotopic (exact) mass is 553 g/mol. The summed E-state index contributed by atoms with van der Waals surface area (Å²) in [7, 11) is 0. The van der Waals surface area contributed by atoms with Gasteiger partial charge < -0.3 is 9.73 Å². The van der Waals surface area contributed by atoms with Gasteiger partial charge in [-0.15, -0.1) is 0 Å². The van der Waals surface area contributed by atoms with Gasteiger partial charge in [-0.05, 0) is 47.6 Å². The molecule has 32 heavy (non-hydrogen) atoms. The van der Waals surface area contributed by atoms with Gasteiger partial charge in [0.1, 0.15) is 11.5 Å². The van der Waals surface area contributed by atoms with Gasteiger partial charge in [0, 0.05) is 36.4 Å². The third-order valence-corrected chi connectivity index (χ3v) is 4.56. The fourth-order valence-corrected chi connectivity index (χ4v) is 2.37. The van der Waals surface area contributed by atoms with E-state index in [9.17, 15) is 4.79 Å². The molecular formula is C28H44INO2. The van der Waals surface area contributed by atoms with Crippen molar-refractivity contribution in [2.45, 2.75) is 81.7 Å². The van der Waals surface area contributed by atoms with Crippen LogP contribution >= 0.6 is 22.6 Å². The third kappa shape index (κ3) is 13.6. The summed E-state index contributed by atoms with van der Waals surface area (Å²) in [4.78, 5) is 9.43. The van der Waals surface area contributed by atoms with Crippen LogP contribution in [0.15, 0.2) is 53.1 Å². The number of benzene rings is 1. The molecule has 0 spiro atoms. The first-order valence-corrected chi connectivity index (χ1v) is 12.8. The molecule has 180 valence electrons. The van der Waals surface area contributed by atoms with Crippen LogP contribution in [-0.4, -0.2) is 3.79 Å². The van der Waals surface area contributed by atoms with Gasteiger partial charge in [-0.2, -0.15) is 0 Å². The molecule has 3 nitrogen and oxygen atoms in total. The summed E-state index contributed by atoms with van der Waals surface area (Å²) in [6, 6.07) is 10.5. The Morgan fingerprint density at radius 3 is 2.06 bits per heavy atom. The summed E-state index contributed by atoms with van der Waals surface area (Å²) in [6.07, 6.45) is 6.45. The number of halogens is 1. The molecule has 2 heterocycles. The van der Waals surface area contributed by atoms with Crippen molar-refractivity contribution in [3.05, 3.63) is 65.6 Å². The minimum atomic E-state index is 0.137. The molecule has 2 aromatic rings. The number of furan rings is 1. The molecule has 0 bridgehead atoms. The van der Waals surface area contributed by atoms with Crippen LogP contribution in [0.25, 0.3) is 17.4 Å². The predicted octanol–water partition coefficient (Wildman–Crippen LogP) is 9.35. The maximum absolute atomic E-state index is 9.43. The second-order valence-electron chi connectivity index (χ2n) is 6.92. The lowest BCUT2D eigenvalue weighted by atomic mass is 10.1. The van der Waals surface area contributed by atoms with E-state index in [-0.39, 0.29) is 3.79 Å². The quantitative estimate of drug-likeness (QED) is 0.303. The number of rotatable bonds is 4. The Hall–Kier alpha value is -1.82. The molecule has 0 atom stereocenters. The normalized spacial score (nSPS) is 10.7. The smallest absolute Gasteiger partial charge is 0.189 e. The van der Waals surface area contributed by atoms with Gasteiger partial charge in [-0.3, -0.25) is 4.79 Å². The first-order valence-electron chi connectivity index (χ1n) is 11.7. The molecule has 1 aliphatic heterocycles. The maximum Gasteiger partial charge on any atom is 0.189 e. The summed E-state index contributed by atoms with van der Waals surface area (Å²) in [5.41, 5.74) is 4.57. The average molecular weight is 554 g/mol. The Bertz CT molecular complexity index is 780. The van der Waals surface area contributed by atoms with Crippen LogP contribution in [0.1, 0.15) is 85.1 Å². The second kappa shape index (κ2) is 19.8. The van der Waals surface area contributed by atoms with Crippen molar-refractivity contribution < 1.29 is 9.21 Å². The molecule has 1 aromatic heterocycles. The van der Waals surface area contributed by atoms with E-state index >= 15 is 0 Å². The highest BCUT2D eigenvalue weighted by Crippen LogP contribution is 2.29. The van der Waals surface area contributed by atoms with E-state index in [0.29, 0.717) is 0 Å². The molecular weight excluding hydrogens is 509 g/mol. The predicted molar refractivity (Wildman–Crippen MR) is 151 cm³/mol. The number of nitrogens with one attached hydrogen (secondary N) is 1. The first-order chi connectivity index (χ1) is 15.3. The van der Waals surface area contributed by atoms with Crippen molar-refractivity contribution in [2.24, 2.45) is 5.92 Å². The summed E-state index contributed by atoms with van der Waals surface area (Å²) in [5, 5.41) is 3.28. The SMILES string of the molecule is C=CC1=Cc2oc(-c3ccc(C)cc3)cc2CN1.CC.CC.CC(=O)I.CCC(C)CC. The van der Waals surface area contributed by atoms with Gasteiger partial charge in [0.2, 0.25) is 0 Å². The number of hydrogen-bond acceptors (Lipinski definition) is 3. The van der Waals surface area contributed by atoms with Gasteiger partial charge in [0.05, 0.1) is 0 Å². The molecule has 0 unspecified atom stereocenters. The van der Waals surface area contributed by atoms with Gasteiger partial charge in [0.25, 0.3) is 0 Å². The third-order valence-electron chi connectivity index (χ3n) is 4.56. The molecule has 1 aliphatic rings. The second-order valence-corrected chi connectivity index (χ2v) is 8.43. The van der Waals surface area contributed by atoms with Crippen LogP contribution in [0, 0.1) is 12.8 Å². The van der Waals surface area contributed by atoms with Crippen molar-refractivity contribution in [1.82, 2.24) is 5.32 Å². The number of hydrogen-bond donors (Lipinski definition) is 1. The van der Waals surface area contributed by atoms with Gasteiger partial charge >= 0.3 is 0 Å². The van der Waals surface area contributed by atoms with Crippen LogP contribution in [0.3, 0.4) is 0 Å². The van der Waals surface area contributed by atoms with E-state index in [4.69, 9.17) is 4.42 Å². The maximum atomic E-state index is 9.43. The van der Waals surface area contributed by atoms with Crippen LogP contribution in [-0.2, 0) is 11.3 Å². The Morgan fingerprint density at radius 2 is 1.66 bits per heavy atom. The molecule has 0 amide bonds. The molecule has 4 heteroatoms. The standard InChI is InChI=1S/C16H15NO.C6H14.C2H3IO.2C2H6/c1-3-14-9-16-13(10-17-14)8-15(18-16)12-6-4-11(2)5-7-12;1-4-6(3)5-2;1-2(3)4;2*1-2/h3-9,17H,1,10H2,2H3;6H,4-5H2,1-3H3;1H3;2*1-2H3. The highest BCUT2D eigenvalue weighted by atomic mass is 127. The zero-order chi connectivity index (χ0) is 25.1. The van der Waals surface area contributed by atoms with Crippen molar-refractivity contribution in [3.63, 3.8) is 0 Å². The Balaban J connectivity index is 0. The van der Waals surface area contributed by atoms with E-state index in [1.54, 1.807) is 28.7 Å². The zero-order valence-electron chi connectivity index (χ0n) is 21.6. The number of fused-ring (bicyclic) bond motifs is 1. The molecule has 1 aromatic carbocycles. The topological polar surface area (TPSA) is 42.2 Å².